The summed E-state index contributed by atoms with van der Waals surface area (Å²) in [4.78, 5) is 10.4. The Hall–Kier alpha value is -0.390. The zero-order valence-electron chi connectivity index (χ0n) is 9.67. The number of carbonyl (C=O) groups is 1. The van der Waals surface area contributed by atoms with Gasteiger partial charge in [-0.25, -0.2) is 0 Å². The molecule has 2 nitrogen and oxygen atoms in total. The highest BCUT2D eigenvalue weighted by Crippen LogP contribution is 2.40. The molecule has 0 radical (unpaired) electrons. The van der Waals surface area contributed by atoms with Crippen LogP contribution in [0, 0.1) is 5.92 Å². The van der Waals surface area contributed by atoms with Gasteiger partial charge in [-0.2, -0.15) is 13.2 Å². The Labute approximate surface area is 103 Å². The minimum Gasteiger partial charge on any atom is -0.481 e. The molecule has 0 spiro atoms. The molecule has 0 bridgehead atoms. The maximum atomic E-state index is 12.6. The van der Waals surface area contributed by atoms with Gasteiger partial charge in [-0.3, -0.25) is 4.79 Å². The van der Waals surface area contributed by atoms with Gasteiger partial charge >= 0.3 is 12.1 Å². The van der Waals surface area contributed by atoms with Crippen LogP contribution < -0.4 is 0 Å². The molecule has 1 aliphatic carbocycles. The molecule has 1 aliphatic rings. The van der Waals surface area contributed by atoms with E-state index in [-0.39, 0.29) is 5.25 Å². The van der Waals surface area contributed by atoms with Gasteiger partial charge in [0.2, 0.25) is 0 Å². The van der Waals surface area contributed by atoms with Gasteiger partial charge in [0.1, 0.15) is 5.25 Å². The maximum Gasteiger partial charge on any atom is 0.401 e. The number of rotatable bonds is 4. The Morgan fingerprint density at radius 3 is 2.59 bits per heavy atom. The molecule has 0 aromatic heterocycles. The third-order valence-corrected chi connectivity index (χ3v) is 4.55. The van der Waals surface area contributed by atoms with E-state index in [9.17, 15) is 18.0 Å². The molecule has 17 heavy (non-hydrogen) atoms. The molecule has 1 saturated carbocycles. The molecule has 1 rings (SSSR count). The summed E-state index contributed by atoms with van der Waals surface area (Å²) in [6, 6.07) is 0. The van der Waals surface area contributed by atoms with E-state index >= 15 is 0 Å². The van der Waals surface area contributed by atoms with Crippen molar-refractivity contribution in [2.45, 2.75) is 55.7 Å². The van der Waals surface area contributed by atoms with Crippen LogP contribution in [-0.2, 0) is 4.79 Å². The molecule has 3 unspecified atom stereocenters. The Balaban J connectivity index is 2.56. The van der Waals surface area contributed by atoms with Crippen molar-refractivity contribution in [3.63, 3.8) is 0 Å². The number of halogens is 3. The summed E-state index contributed by atoms with van der Waals surface area (Å²) in [5.41, 5.74) is 0. The third-order valence-electron chi connectivity index (χ3n) is 2.97. The van der Waals surface area contributed by atoms with Crippen molar-refractivity contribution in [1.82, 2.24) is 0 Å². The first-order chi connectivity index (χ1) is 7.79. The zero-order valence-corrected chi connectivity index (χ0v) is 10.5. The second-order valence-electron chi connectivity index (χ2n) is 4.66. The molecule has 6 heteroatoms. The monoisotopic (exact) mass is 270 g/mol. The second kappa shape index (κ2) is 5.98. The van der Waals surface area contributed by atoms with Gasteiger partial charge in [0, 0.05) is 5.25 Å². The van der Waals surface area contributed by atoms with E-state index in [1.807, 2.05) is 6.92 Å². The average Bonchev–Trinajstić information content (AvgIpc) is 2.14. The van der Waals surface area contributed by atoms with Gasteiger partial charge in [0.15, 0.2) is 0 Å². The van der Waals surface area contributed by atoms with Gasteiger partial charge < -0.3 is 5.11 Å². The molecule has 0 aromatic rings. The number of thioether (sulfide) groups is 1. The topological polar surface area (TPSA) is 37.3 Å². The van der Waals surface area contributed by atoms with Crippen LogP contribution in [0.5, 0.6) is 0 Å². The van der Waals surface area contributed by atoms with Crippen LogP contribution in [0.1, 0.15) is 39.0 Å². The first-order valence-electron chi connectivity index (χ1n) is 5.73. The number of carboxylic acids is 1. The van der Waals surface area contributed by atoms with Crippen molar-refractivity contribution in [3.05, 3.63) is 0 Å². The highest BCUT2D eigenvalue weighted by atomic mass is 32.2. The molecule has 0 aliphatic heterocycles. The molecule has 100 valence electrons. The van der Waals surface area contributed by atoms with Crippen LogP contribution >= 0.6 is 11.8 Å². The minimum absolute atomic E-state index is 0.0512. The van der Waals surface area contributed by atoms with E-state index in [4.69, 9.17) is 5.11 Å². The van der Waals surface area contributed by atoms with Crippen molar-refractivity contribution in [2.24, 2.45) is 5.92 Å². The molecule has 0 saturated heterocycles. The third kappa shape index (κ3) is 5.19. The molecule has 0 aromatic carbocycles. The van der Waals surface area contributed by atoms with E-state index < -0.39 is 23.8 Å². The summed E-state index contributed by atoms with van der Waals surface area (Å²) in [5.74, 6) is -0.941. The first kappa shape index (κ1) is 14.7. The van der Waals surface area contributed by atoms with E-state index in [1.54, 1.807) is 0 Å². The largest absolute Gasteiger partial charge is 0.481 e. The number of hydrogen-bond acceptors (Lipinski definition) is 2. The predicted molar refractivity (Wildman–Crippen MR) is 61.1 cm³/mol. The molecule has 3 atom stereocenters. The molecule has 0 amide bonds. The van der Waals surface area contributed by atoms with Gasteiger partial charge in [-0.1, -0.05) is 19.8 Å². The van der Waals surface area contributed by atoms with Crippen LogP contribution in [0.3, 0.4) is 0 Å². The number of alkyl halides is 3. The number of hydrogen-bond donors (Lipinski definition) is 1. The first-order valence-corrected chi connectivity index (χ1v) is 6.67. The zero-order chi connectivity index (χ0) is 13.1. The van der Waals surface area contributed by atoms with E-state index in [1.165, 1.54) is 0 Å². The van der Waals surface area contributed by atoms with Gasteiger partial charge in [0.25, 0.3) is 0 Å². The van der Waals surface area contributed by atoms with Crippen LogP contribution in [-0.4, -0.2) is 27.8 Å². The lowest BCUT2D eigenvalue weighted by molar-refractivity contribution is -0.150. The standard InChI is InChI=1S/C11H17F3O2S/c1-7-3-2-4-8(5-7)17-9(6-10(15)16)11(12,13)14/h7-9H,2-6H2,1H3,(H,15,16). The van der Waals surface area contributed by atoms with Crippen molar-refractivity contribution < 1.29 is 23.1 Å². The molecule has 1 N–H and O–H groups in total. The minimum atomic E-state index is -4.43. The SMILES string of the molecule is CC1CCCC(SC(CC(=O)O)C(F)(F)F)C1. The van der Waals surface area contributed by atoms with E-state index in [0.717, 1.165) is 37.4 Å². The average molecular weight is 270 g/mol. The van der Waals surface area contributed by atoms with Gasteiger partial charge in [-0.15, -0.1) is 11.8 Å². The summed E-state index contributed by atoms with van der Waals surface area (Å²) in [6.45, 7) is 2.03. The molecular formula is C11H17F3O2S. The summed E-state index contributed by atoms with van der Waals surface area (Å²) >= 11 is 0.799. The Kier molecular flexibility index (Phi) is 5.16. The predicted octanol–water partition coefficient (Wildman–Crippen LogP) is 3.70. The lowest BCUT2D eigenvalue weighted by atomic mass is 9.91. The van der Waals surface area contributed by atoms with Crippen molar-refractivity contribution in [2.75, 3.05) is 0 Å². The Morgan fingerprint density at radius 1 is 1.47 bits per heavy atom. The summed E-state index contributed by atoms with van der Waals surface area (Å²) in [7, 11) is 0. The highest BCUT2D eigenvalue weighted by Gasteiger charge is 2.43. The summed E-state index contributed by atoms with van der Waals surface area (Å²) < 4.78 is 37.9. The summed E-state index contributed by atoms with van der Waals surface area (Å²) in [5, 5.41) is 6.70. The second-order valence-corrected chi connectivity index (χ2v) is 6.17. The molecule has 1 fully saturated rings. The van der Waals surface area contributed by atoms with E-state index in [2.05, 4.69) is 0 Å². The van der Waals surface area contributed by atoms with Crippen LogP contribution in [0.2, 0.25) is 0 Å². The highest BCUT2D eigenvalue weighted by molar-refractivity contribution is 8.00. The number of aliphatic carboxylic acids is 1. The van der Waals surface area contributed by atoms with Crippen LogP contribution in [0.15, 0.2) is 0 Å². The maximum absolute atomic E-state index is 12.6. The Morgan fingerprint density at radius 2 is 2.12 bits per heavy atom. The molecule has 0 heterocycles. The fourth-order valence-electron chi connectivity index (χ4n) is 2.13. The van der Waals surface area contributed by atoms with E-state index in [0.29, 0.717) is 5.92 Å². The van der Waals surface area contributed by atoms with Crippen molar-refractivity contribution in [1.29, 1.82) is 0 Å². The normalized spacial score (nSPS) is 27.8. The Bertz CT molecular complexity index is 268. The summed E-state index contributed by atoms with van der Waals surface area (Å²) in [6.07, 6.45) is -1.73. The lowest BCUT2D eigenvalue weighted by Gasteiger charge is -2.29. The van der Waals surface area contributed by atoms with Crippen LogP contribution in [0.25, 0.3) is 0 Å². The van der Waals surface area contributed by atoms with Crippen molar-refractivity contribution >= 4 is 17.7 Å². The quantitative estimate of drug-likeness (QED) is 0.846. The lowest BCUT2D eigenvalue weighted by Crippen LogP contribution is -2.31. The smallest absolute Gasteiger partial charge is 0.401 e. The fourth-order valence-corrected chi connectivity index (χ4v) is 3.73. The fraction of sp³-hybridized carbons (Fsp3) is 0.909. The van der Waals surface area contributed by atoms with Crippen molar-refractivity contribution in [3.8, 4) is 0 Å². The molecular weight excluding hydrogens is 253 g/mol. The van der Waals surface area contributed by atoms with Crippen LogP contribution in [0.4, 0.5) is 13.2 Å². The van der Waals surface area contributed by atoms with Gasteiger partial charge in [-0.05, 0) is 18.8 Å². The van der Waals surface area contributed by atoms with Gasteiger partial charge in [0.05, 0.1) is 6.42 Å². The number of carboxylic acid groups (broad SMARTS) is 1.